The van der Waals surface area contributed by atoms with Gasteiger partial charge in [-0.1, -0.05) is 49.4 Å². The number of H-pyrrole nitrogens is 1. The van der Waals surface area contributed by atoms with Crippen molar-refractivity contribution in [1.82, 2.24) is 9.88 Å². The van der Waals surface area contributed by atoms with Gasteiger partial charge in [0.25, 0.3) is 5.56 Å². The maximum atomic E-state index is 12.7. The molecule has 1 atom stereocenters. The summed E-state index contributed by atoms with van der Waals surface area (Å²) >= 11 is 0. The summed E-state index contributed by atoms with van der Waals surface area (Å²) in [5, 5.41) is 7.51. The highest BCUT2D eigenvalue weighted by Gasteiger charge is 2.13. The third-order valence-corrected chi connectivity index (χ3v) is 6.80. The van der Waals surface area contributed by atoms with Gasteiger partial charge in [0.1, 0.15) is 0 Å². The van der Waals surface area contributed by atoms with E-state index in [1.165, 1.54) is 11.1 Å². The van der Waals surface area contributed by atoms with Crippen LogP contribution in [0.15, 0.2) is 83.8 Å². The van der Waals surface area contributed by atoms with Crippen LogP contribution in [-0.2, 0) is 16.1 Å². The molecule has 196 valence electrons. The monoisotopic (exact) mass is 510 g/mol. The second-order valence-corrected chi connectivity index (χ2v) is 9.76. The zero-order chi connectivity index (χ0) is 27.1. The molecule has 4 rings (SSSR count). The van der Waals surface area contributed by atoms with Crippen LogP contribution in [0.2, 0.25) is 0 Å². The highest BCUT2D eigenvalue weighted by atomic mass is 16.2. The summed E-state index contributed by atoms with van der Waals surface area (Å²) in [6, 6.07) is 23.1. The van der Waals surface area contributed by atoms with Crippen molar-refractivity contribution in [3.05, 3.63) is 106 Å². The van der Waals surface area contributed by atoms with Crippen molar-refractivity contribution in [3.63, 3.8) is 0 Å². The van der Waals surface area contributed by atoms with Crippen molar-refractivity contribution in [2.75, 3.05) is 24.2 Å². The minimum atomic E-state index is -0.164. The van der Waals surface area contributed by atoms with E-state index in [9.17, 15) is 14.4 Å². The molecule has 0 aliphatic carbocycles. The van der Waals surface area contributed by atoms with Crippen LogP contribution in [0.5, 0.6) is 0 Å². The Morgan fingerprint density at radius 3 is 2.61 bits per heavy atom. The standard InChI is InChI=1S/C31H34N4O3/c1-21-7-4-5-10-27(21)22(2)11-14-29(36)34-26-9-6-8-23(17-26)20-35(3)30(37)19-33-25-13-12-24-15-16-32-31(38)28(24)18-25/h4-10,12-13,15-18,22,33H,11,14,19-20H2,1-3H3,(H,32,38)(H,34,36)/t22-/m0/s1. The van der Waals surface area contributed by atoms with E-state index in [1.807, 2.05) is 54.6 Å². The lowest BCUT2D eigenvalue weighted by Gasteiger charge is -2.19. The summed E-state index contributed by atoms with van der Waals surface area (Å²) in [6.07, 6.45) is 2.82. The second-order valence-electron chi connectivity index (χ2n) is 9.76. The van der Waals surface area contributed by atoms with Crippen LogP contribution in [0.1, 0.15) is 42.4 Å². The van der Waals surface area contributed by atoms with Crippen LogP contribution in [-0.4, -0.2) is 35.3 Å². The van der Waals surface area contributed by atoms with Crippen LogP contribution in [0.3, 0.4) is 0 Å². The summed E-state index contributed by atoms with van der Waals surface area (Å²) < 4.78 is 0. The molecule has 0 aliphatic rings. The highest BCUT2D eigenvalue weighted by Crippen LogP contribution is 2.24. The fraction of sp³-hybridized carbons (Fsp3) is 0.258. The number of nitrogens with one attached hydrogen (secondary N) is 3. The molecule has 2 amide bonds. The van der Waals surface area contributed by atoms with Crippen LogP contribution in [0, 0.1) is 6.92 Å². The minimum absolute atomic E-state index is 0.0227. The van der Waals surface area contributed by atoms with Gasteiger partial charge in [0, 0.05) is 43.0 Å². The third kappa shape index (κ3) is 6.88. The van der Waals surface area contributed by atoms with Gasteiger partial charge < -0.3 is 20.5 Å². The van der Waals surface area contributed by atoms with E-state index in [-0.39, 0.29) is 23.9 Å². The van der Waals surface area contributed by atoms with Crippen molar-refractivity contribution < 1.29 is 9.59 Å². The van der Waals surface area contributed by atoms with Gasteiger partial charge in [-0.2, -0.15) is 0 Å². The van der Waals surface area contributed by atoms with Crippen LogP contribution in [0.25, 0.3) is 10.8 Å². The zero-order valence-electron chi connectivity index (χ0n) is 22.1. The lowest BCUT2D eigenvalue weighted by atomic mass is 9.92. The molecular weight excluding hydrogens is 476 g/mol. The predicted molar refractivity (Wildman–Crippen MR) is 153 cm³/mol. The third-order valence-electron chi connectivity index (χ3n) is 6.80. The molecule has 0 unspecified atom stereocenters. The van der Waals surface area contributed by atoms with Crippen molar-refractivity contribution >= 4 is 34.0 Å². The lowest BCUT2D eigenvalue weighted by Crippen LogP contribution is -2.31. The predicted octanol–water partition coefficient (Wildman–Crippen LogP) is 5.43. The number of aromatic amines is 1. The van der Waals surface area contributed by atoms with E-state index in [2.05, 4.69) is 41.6 Å². The van der Waals surface area contributed by atoms with Crippen molar-refractivity contribution in [3.8, 4) is 0 Å². The Labute approximate surface area is 222 Å². The molecular formula is C31H34N4O3. The largest absolute Gasteiger partial charge is 0.376 e. The molecule has 4 aromatic rings. The number of nitrogens with zero attached hydrogens (tertiary/aromatic N) is 1. The van der Waals surface area contributed by atoms with Gasteiger partial charge >= 0.3 is 0 Å². The molecule has 1 aromatic heterocycles. The van der Waals surface area contributed by atoms with Crippen LogP contribution >= 0.6 is 0 Å². The number of amides is 2. The molecule has 3 aromatic carbocycles. The first-order chi connectivity index (χ1) is 18.3. The average Bonchev–Trinajstić information content (AvgIpc) is 2.91. The number of anilines is 2. The van der Waals surface area contributed by atoms with Gasteiger partial charge in [-0.15, -0.1) is 0 Å². The van der Waals surface area contributed by atoms with E-state index >= 15 is 0 Å². The van der Waals surface area contributed by atoms with Crippen molar-refractivity contribution in [1.29, 1.82) is 0 Å². The van der Waals surface area contributed by atoms with Gasteiger partial charge in [0.15, 0.2) is 0 Å². The zero-order valence-corrected chi connectivity index (χ0v) is 22.1. The number of benzene rings is 3. The maximum absolute atomic E-state index is 12.7. The minimum Gasteiger partial charge on any atom is -0.376 e. The number of aryl methyl sites for hydroxylation is 1. The molecule has 1 heterocycles. The van der Waals surface area contributed by atoms with Crippen LogP contribution < -0.4 is 16.2 Å². The van der Waals surface area contributed by atoms with E-state index in [4.69, 9.17) is 0 Å². The highest BCUT2D eigenvalue weighted by molar-refractivity contribution is 5.91. The first-order valence-corrected chi connectivity index (χ1v) is 12.8. The quantitative estimate of drug-likeness (QED) is 0.265. The molecule has 0 saturated carbocycles. The summed E-state index contributed by atoms with van der Waals surface area (Å²) in [5.41, 5.74) is 4.70. The fourth-order valence-electron chi connectivity index (χ4n) is 4.58. The number of hydrogen-bond donors (Lipinski definition) is 3. The Bertz CT molecular complexity index is 1490. The molecule has 0 saturated heterocycles. The number of hydrogen-bond acceptors (Lipinski definition) is 4. The topological polar surface area (TPSA) is 94.3 Å². The van der Waals surface area contributed by atoms with Crippen LogP contribution in [0.4, 0.5) is 11.4 Å². The summed E-state index contributed by atoms with van der Waals surface area (Å²) in [7, 11) is 1.74. The Balaban J connectivity index is 1.27. The van der Waals surface area contributed by atoms with Crippen molar-refractivity contribution in [2.45, 2.75) is 39.2 Å². The lowest BCUT2D eigenvalue weighted by molar-refractivity contribution is -0.128. The molecule has 0 bridgehead atoms. The normalized spacial score (nSPS) is 11.7. The Morgan fingerprint density at radius 2 is 1.79 bits per heavy atom. The summed E-state index contributed by atoms with van der Waals surface area (Å²) in [4.78, 5) is 41.6. The smallest absolute Gasteiger partial charge is 0.255 e. The van der Waals surface area contributed by atoms with E-state index < -0.39 is 0 Å². The SMILES string of the molecule is Cc1ccccc1[C@@H](C)CCC(=O)Nc1cccc(CN(C)C(=O)CNc2ccc3cc[nH]c(=O)c3c2)c1. The first kappa shape index (κ1) is 26.7. The van der Waals surface area contributed by atoms with Gasteiger partial charge in [-0.3, -0.25) is 14.4 Å². The second kappa shape index (κ2) is 12.2. The maximum Gasteiger partial charge on any atom is 0.255 e. The van der Waals surface area contributed by atoms with Gasteiger partial charge in [-0.05, 0) is 71.7 Å². The molecule has 7 nitrogen and oxygen atoms in total. The number of likely N-dealkylation sites (N-methyl/N-ethyl adjacent to an activating group) is 1. The number of carbonyl (C=O) groups is 2. The Kier molecular flexibility index (Phi) is 8.58. The number of pyridine rings is 1. The van der Waals surface area contributed by atoms with Gasteiger partial charge in [-0.25, -0.2) is 0 Å². The molecule has 0 aliphatic heterocycles. The molecule has 0 radical (unpaired) electrons. The summed E-state index contributed by atoms with van der Waals surface area (Å²) in [6.45, 7) is 4.76. The Morgan fingerprint density at radius 1 is 0.974 bits per heavy atom. The fourth-order valence-corrected chi connectivity index (χ4v) is 4.58. The molecule has 7 heteroatoms. The molecule has 3 N–H and O–H groups in total. The average molecular weight is 511 g/mol. The molecule has 0 spiro atoms. The number of carbonyl (C=O) groups excluding carboxylic acids is 2. The number of fused-ring (bicyclic) bond motifs is 1. The van der Waals surface area contributed by atoms with E-state index in [0.717, 1.165) is 23.1 Å². The van der Waals surface area contributed by atoms with E-state index in [0.29, 0.717) is 30.0 Å². The Hall–Kier alpha value is -4.39. The van der Waals surface area contributed by atoms with Gasteiger partial charge in [0.05, 0.1) is 6.54 Å². The number of rotatable bonds is 10. The summed E-state index contributed by atoms with van der Waals surface area (Å²) in [5.74, 6) is 0.189. The molecule has 38 heavy (non-hydrogen) atoms. The first-order valence-electron chi connectivity index (χ1n) is 12.8. The number of aromatic nitrogens is 1. The van der Waals surface area contributed by atoms with E-state index in [1.54, 1.807) is 24.2 Å². The van der Waals surface area contributed by atoms with Crippen molar-refractivity contribution in [2.24, 2.45) is 0 Å². The van der Waals surface area contributed by atoms with Gasteiger partial charge in [0.2, 0.25) is 11.8 Å². The molecule has 0 fully saturated rings.